The number of amides is 1. The van der Waals surface area contributed by atoms with Crippen LogP contribution in [0.5, 0.6) is 17.2 Å². The van der Waals surface area contributed by atoms with Gasteiger partial charge in [-0.1, -0.05) is 34.8 Å². The molecule has 24 heavy (non-hydrogen) atoms. The largest absolute Gasteiger partial charge is 0.495 e. The third-order valence-electron chi connectivity index (χ3n) is 3.00. The van der Waals surface area contributed by atoms with Gasteiger partial charge in [0.2, 0.25) is 0 Å². The van der Waals surface area contributed by atoms with Crippen LogP contribution < -0.4 is 19.5 Å². The Morgan fingerprint density at radius 2 is 1.62 bits per heavy atom. The summed E-state index contributed by atoms with van der Waals surface area (Å²) in [4.78, 5) is 12.1. The number of carbonyl (C=O) groups is 1. The van der Waals surface area contributed by atoms with Gasteiger partial charge in [-0.25, -0.2) is 0 Å². The van der Waals surface area contributed by atoms with Crippen LogP contribution in [0.3, 0.4) is 0 Å². The summed E-state index contributed by atoms with van der Waals surface area (Å²) in [7, 11) is 2.96. The lowest BCUT2D eigenvalue weighted by Gasteiger charge is -2.13. The predicted molar refractivity (Wildman–Crippen MR) is 95.1 cm³/mol. The Hall–Kier alpha value is -1.82. The maximum Gasteiger partial charge on any atom is 0.262 e. The van der Waals surface area contributed by atoms with Gasteiger partial charge in [-0.15, -0.1) is 0 Å². The first-order valence-electron chi connectivity index (χ1n) is 6.73. The fourth-order valence-electron chi connectivity index (χ4n) is 1.88. The van der Waals surface area contributed by atoms with Crippen LogP contribution >= 0.6 is 34.8 Å². The molecule has 0 unspecified atom stereocenters. The standard InChI is InChI=1S/C16H14Cl3NO4/c1-22-14-7-15(23-2)12(6-11(14)19)20-16(21)8-24-13-4-3-9(17)5-10(13)18/h3-7H,8H2,1-2H3,(H,20,21). The minimum Gasteiger partial charge on any atom is -0.495 e. The van der Waals surface area contributed by atoms with Crippen LogP contribution in [0.4, 0.5) is 5.69 Å². The van der Waals surface area contributed by atoms with Crippen LogP contribution in [0.15, 0.2) is 30.3 Å². The summed E-state index contributed by atoms with van der Waals surface area (Å²) in [6.45, 7) is -0.242. The van der Waals surface area contributed by atoms with Crippen molar-refractivity contribution in [1.82, 2.24) is 0 Å². The first-order valence-corrected chi connectivity index (χ1v) is 7.87. The Kier molecular flexibility index (Phi) is 6.43. The van der Waals surface area contributed by atoms with E-state index in [0.717, 1.165) is 0 Å². The molecular weight excluding hydrogens is 377 g/mol. The van der Waals surface area contributed by atoms with Crippen molar-refractivity contribution in [3.05, 3.63) is 45.4 Å². The van der Waals surface area contributed by atoms with Gasteiger partial charge in [0.15, 0.2) is 6.61 Å². The molecule has 2 aromatic carbocycles. The Morgan fingerprint density at radius 3 is 2.25 bits per heavy atom. The molecule has 0 saturated carbocycles. The molecule has 0 heterocycles. The zero-order chi connectivity index (χ0) is 17.7. The fraction of sp³-hybridized carbons (Fsp3) is 0.188. The number of methoxy groups -OCH3 is 2. The number of benzene rings is 2. The minimum atomic E-state index is -0.402. The van der Waals surface area contributed by atoms with Crippen molar-refractivity contribution in [2.24, 2.45) is 0 Å². The smallest absolute Gasteiger partial charge is 0.262 e. The lowest BCUT2D eigenvalue weighted by atomic mass is 10.2. The number of rotatable bonds is 6. The average molecular weight is 391 g/mol. The van der Waals surface area contributed by atoms with Crippen LogP contribution in [-0.4, -0.2) is 26.7 Å². The highest BCUT2D eigenvalue weighted by Crippen LogP contribution is 2.36. The molecule has 0 aliphatic heterocycles. The van der Waals surface area contributed by atoms with Gasteiger partial charge in [0.05, 0.1) is 30.0 Å². The Balaban J connectivity index is 2.05. The van der Waals surface area contributed by atoms with Gasteiger partial charge in [0.25, 0.3) is 5.91 Å². The third-order valence-corrected chi connectivity index (χ3v) is 3.83. The molecule has 0 atom stereocenters. The van der Waals surface area contributed by atoms with Crippen molar-refractivity contribution in [3.8, 4) is 17.2 Å². The molecule has 128 valence electrons. The van der Waals surface area contributed by atoms with E-state index in [9.17, 15) is 4.79 Å². The van der Waals surface area contributed by atoms with E-state index in [4.69, 9.17) is 49.0 Å². The summed E-state index contributed by atoms with van der Waals surface area (Å²) in [5.41, 5.74) is 0.402. The second-order valence-corrected chi connectivity index (χ2v) is 5.85. The minimum absolute atomic E-state index is 0.242. The number of nitrogens with one attached hydrogen (secondary N) is 1. The Labute approximate surface area is 154 Å². The van der Waals surface area contributed by atoms with Crippen LogP contribution in [0.25, 0.3) is 0 Å². The topological polar surface area (TPSA) is 56.8 Å². The number of hydrogen-bond donors (Lipinski definition) is 1. The highest BCUT2D eigenvalue weighted by atomic mass is 35.5. The zero-order valence-electron chi connectivity index (χ0n) is 12.9. The molecule has 5 nitrogen and oxygen atoms in total. The van der Waals surface area contributed by atoms with Crippen molar-refractivity contribution in [3.63, 3.8) is 0 Å². The molecular formula is C16H14Cl3NO4. The second-order valence-electron chi connectivity index (χ2n) is 4.60. The van der Waals surface area contributed by atoms with Crippen molar-refractivity contribution < 1.29 is 19.0 Å². The summed E-state index contributed by atoms with van der Waals surface area (Å²) in [5.74, 6) is 0.807. The number of halogens is 3. The molecule has 0 bridgehead atoms. The van der Waals surface area contributed by atoms with Gasteiger partial charge in [-0.3, -0.25) is 4.79 Å². The molecule has 0 spiro atoms. The van der Waals surface area contributed by atoms with Crippen molar-refractivity contribution in [1.29, 1.82) is 0 Å². The first kappa shape index (κ1) is 18.5. The second kappa shape index (κ2) is 8.33. The van der Waals surface area contributed by atoms with Crippen LogP contribution in [0, 0.1) is 0 Å². The van der Waals surface area contributed by atoms with Gasteiger partial charge >= 0.3 is 0 Å². The average Bonchev–Trinajstić information content (AvgIpc) is 2.54. The van der Waals surface area contributed by atoms with Crippen LogP contribution in [0.1, 0.15) is 0 Å². The van der Waals surface area contributed by atoms with E-state index in [1.54, 1.807) is 18.2 Å². The normalized spacial score (nSPS) is 10.2. The molecule has 0 fully saturated rings. The number of hydrogen-bond acceptors (Lipinski definition) is 4. The molecule has 0 radical (unpaired) electrons. The fourth-order valence-corrected chi connectivity index (χ4v) is 2.58. The van der Waals surface area contributed by atoms with E-state index in [-0.39, 0.29) is 6.61 Å². The zero-order valence-corrected chi connectivity index (χ0v) is 15.1. The van der Waals surface area contributed by atoms with E-state index >= 15 is 0 Å². The number of carbonyl (C=O) groups excluding carboxylic acids is 1. The lowest BCUT2D eigenvalue weighted by molar-refractivity contribution is -0.118. The van der Waals surface area contributed by atoms with Gasteiger partial charge in [0.1, 0.15) is 17.2 Å². The van der Waals surface area contributed by atoms with E-state index in [1.165, 1.54) is 26.4 Å². The summed E-state index contributed by atoms with van der Waals surface area (Å²) >= 11 is 17.8. The first-order chi connectivity index (χ1) is 11.4. The summed E-state index contributed by atoms with van der Waals surface area (Å²) in [5, 5.41) is 3.80. The van der Waals surface area contributed by atoms with E-state index in [0.29, 0.717) is 38.0 Å². The molecule has 0 aliphatic carbocycles. The summed E-state index contributed by atoms with van der Waals surface area (Å²) in [6.07, 6.45) is 0. The van der Waals surface area contributed by atoms with Gasteiger partial charge in [-0.05, 0) is 24.3 Å². The third kappa shape index (κ3) is 4.60. The van der Waals surface area contributed by atoms with E-state index in [1.807, 2.05) is 0 Å². The van der Waals surface area contributed by atoms with Crippen molar-refractivity contribution in [2.75, 3.05) is 26.1 Å². The molecule has 0 saturated heterocycles. The maximum atomic E-state index is 12.1. The van der Waals surface area contributed by atoms with Gasteiger partial charge in [0, 0.05) is 11.1 Å². The predicted octanol–water partition coefficient (Wildman–Crippen LogP) is 4.68. The number of anilines is 1. The summed E-state index contributed by atoms with van der Waals surface area (Å²) < 4.78 is 15.7. The summed E-state index contributed by atoms with van der Waals surface area (Å²) in [6, 6.07) is 7.85. The van der Waals surface area contributed by atoms with Crippen molar-refractivity contribution >= 4 is 46.4 Å². The van der Waals surface area contributed by atoms with Crippen LogP contribution in [-0.2, 0) is 4.79 Å². The molecule has 2 aromatic rings. The molecule has 0 aromatic heterocycles. The molecule has 8 heteroatoms. The highest BCUT2D eigenvalue weighted by Gasteiger charge is 2.13. The number of ether oxygens (including phenoxy) is 3. The molecule has 1 amide bonds. The van der Waals surface area contributed by atoms with Crippen LogP contribution in [0.2, 0.25) is 15.1 Å². The van der Waals surface area contributed by atoms with Crippen molar-refractivity contribution in [2.45, 2.75) is 0 Å². The van der Waals surface area contributed by atoms with E-state index in [2.05, 4.69) is 5.32 Å². The maximum absolute atomic E-state index is 12.1. The molecule has 0 aliphatic rings. The Bertz CT molecular complexity index is 752. The van der Waals surface area contributed by atoms with Gasteiger partial charge < -0.3 is 19.5 Å². The highest BCUT2D eigenvalue weighted by molar-refractivity contribution is 6.35. The van der Waals surface area contributed by atoms with Gasteiger partial charge in [-0.2, -0.15) is 0 Å². The quantitative estimate of drug-likeness (QED) is 0.778. The SMILES string of the molecule is COc1cc(OC)c(NC(=O)COc2ccc(Cl)cc2Cl)cc1Cl. The molecule has 2 rings (SSSR count). The lowest BCUT2D eigenvalue weighted by Crippen LogP contribution is -2.20. The monoisotopic (exact) mass is 389 g/mol. The van der Waals surface area contributed by atoms with E-state index < -0.39 is 5.91 Å². The Morgan fingerprint density at radius 1 is 0.958 bits per heavy atom. The molecule has 1 N–H and O–H groups in total.